The van der Waals surface area contributed by atoms with Crippen molar-refractivity contribution in [2.24, 2.45) is 5.92 Å². The molecule has 1 fully saturated rings. The fourth-order valence-corrected chi connectivity index (χ4v) is 2.33. The van der Waals surface area contributed by atoms with Gasteiger partial charge in [0, 0.05) is 25.2 Å². The van der Waals surface area contributed by atoms with Crippen LogP contribution in [0.3, 0.4) is 0 Å². The summed E-state index contributed by atoms with van der Waals surface area (Å²) in [6, 6.07) is 0. The molecule has 0 saturated heterocycles. The van der Waals surface area contributed by atoms with Gasteiger partial charge in [-0.25, -0.2) is 4.98 Å². The van der Waals surface area contributed by atoms with Crippen LogP contribution in [-0.4, -0.2) is 22.0 Å². The molecule has 1 saturated carbocycles. The Morgan fingerprint density at radius 1 is 1.59 bits per heavy atom. The van der Waals surface area contributed by atoms with Gasteiger partial charge < -0.3 is 15.2 Å². The summed E-state index contributed by atoms with van der Waals surface area (Å²) in [5.41, 5.74) is 0.969. The van der Waals surface area contributed by atoms with E-state index in [1.807, 2.05) is 0 Å². The van der Waals surface area contributed by atoms with E-state index in [0.717, 1.165) is 44.0 Å². The van der Waals surface area contributed by atoms with Crippen LogP contribution in [0.2, 0.25) is 0 Å². The molecule has 1 aromatic rings. The zero-order valence-corrected chi connectivity index (χ0v) is 9.91. The summed E-state index contributed by atoms with van der Waals surface area (Å²) in [6.07, 6.45) is 5.35. The highest BCUT2D eigenvalue weighted by Crippen LogP contribution is 2.26. The summed E-state index contributed by atoms with van der Waals surface area (Å²) < 4.78 is 2.17. The molecule has 3 rings (SSSR count). The van der Waals surface area contributed by atoms with E-state index in [0.29, 0.717) is 6.54 Å². The quantitative estimate of drug-likeness (QED) is 0.796. The maximum Gasteiger partial charge on any atom is 0.223 e. The number of carbonyl (C=O) groups excluding carboxylic acids is 1. The van der Waals surface area contributed by atoms with Gasteiger partial charge in [0.25, 0.3) is 0 Å². The van der Waals surface area contributed by atoms with Crippen molar-refractivity contribution in [1.82, 2.24) is 20.2 Å². The van der Waals surface area contributed by atoms with Crippen molar-refractivity contribution in [3.63, 3.8) is 0 Å². The van der Waals surface area contributed by atoms with E-state index in [-0.39, 0.29) is 11.8 Å². The number of rotatable bonds is 3. The molecule has 2 aliphatic rings. The van der Waals surface area contributed by atoms with Crippen LogP contribution in [0.25, 0.3) is 0 Å². The molecule has 0 bridgehead atoms. The van der Waals surface area contributed by atoms with Gasteiger partial charge in [0.2, 0.25) is 5.91 Å². The minimum Gasteiger partial charge on any atom is -0.350 e. The zero-order chi connectivity index (χ0) is 11.7. The van der Waals surface area contributed by atoms with Gasteiger partial charge in [-0.2, -0.15) is 0 Å². The molecule has 5 nitrogen and oxygen atoms in total. The fraction of sp³-hybridized carbons (Fsp3) is 0.667. The van der Waals surface area contributed by atoms with Gasteiger partial charge >= 0.3 is 0 Å². The highest BCUT2D eigenvalue weighted by molar-refractivity contribution is 5.79. The molecule has 0 aromatic carbocycles. The number of fused-ring (bicyclic) bond motifs is 1. The van der Waals surface area contributed by atoms with E-state index in [1.54, 1.807) is 0 Å². The maximum atomic E-state index is 11.7. The summed E-state index contributed by atoms with van der Waals surface area (Å²) >= 11 is 0. The number of imidazole rings is 1. The minimum absolute atomic E-state index is 0.195. The fourth-order valence-electron chi connectivity index (χ4n) is 2.33. The van der Waals surface area contributed by atoms with Crippen LogP contribution in [-0.2, 0) is 24.4 Å². The summed E-state index contributed by atoms with van der Waals surface area (Å²) in [4.78, 5) is 16.2. The molecule has 1 aliphatic carbocycles. The molecule has 0 unspecified atom stereocenters. The third-order valence-electron chi connectivity index (χ3n) is 3.64. The lowest BCUT2D eigenvalue weighted by Crippen LogP contribution is -2.34. The van der Waals surface area contributed by atoms with E-state index in [1.165, 1.54) is 6.42 Å². The van der Waals surface area contributed by atoms with Gasteiger partial charge in [-0.3, -0.25) is 4.79 Å². The lowest BCUT2D eigenvalue weighted by molar-refractivity contribution is -0.127. The number of nitrogens with zero attached hydrogens (tertiary/aromatic N) is 2. The Labute approximate surface area is 101 Å². The molecule has 2 N–H and O–H groups in total. The van der Waals surface area contributed by atoms with Crippen molar-refractivity contribution in [3.05, 3.63) is 17.7 Å². The Morgan fingerprint density at radius 2 is 2.47 bits per heavy atom. The molecular weight excluding hydrogens is 216 g/mol. The van der Waals surface area contributed by atoms with E-state index >= 15 is 0 Å². The first-order valence-electron chi connectivity index (χ1n) is 6.36. The average Bonchev–Trinajstić information content (AvgIpc) is 2.66. The minimum atomic E-state index is 0.195. The predicted molar refractivity (Wildman–Crippen MR) is 63.1 cm³/mol. The molecule has 92 valence electrons. The summed E-state index contributed by atoms with van der Waals surface area (Å²) in [7, 11) is 0. The van der Waals surface area contributed by atoms with E-state index in [9.17, 15) is 4.79 Å². The number of hydrogen-bond donors (Lipinski definition) is 2. The van der Waals surface area contributed by atoms with Gasteiger partial charge in [0.15, 0.2) is 0 Å². The first-order chi connectivity index (χ1) is 8.33. The van der Waals surface area contributed by atoms with Gasteiger partial charge in [-0.05, 0) is 12.8 Å². The second kappa shape index (κ2) is 4.49. The standard InChI is InChI=1S/C12H18N4O/c17-12(9-2-1-3-9)14-6-10-8-16-5-4-13-7-11(16)15-10/h8-9,13H,1-7H2,(H,14,17). The second-order valence-electron chi connectivity index (χ2n) is 4.86. The SMILES string of the molecule is O=C(NCc1cn2c(n1)CNCC2)C1CCC1. The van der Waals surface area contributed by atoms with Crippen LogP contribution < -0.4 is 10.6 Å². The molecular formula is C12H18N4O. The molecule has 0 radical (unpaired) electrons. The average molecular weight is 234 g/mol. The van der Waals surface area contributed by atoms with Gasteiger partial charge in [-0.15, -0.1) is 0 Å². The highest BCUT2D eigenvalue weighted by Gasteiger charge is 2.25. The first kappa shape index (κ1) is 10.8. The molecule has 0 spiro atoms. The molecule has 1 aromatic heterocycles. The van der Waals surface area contributed by atoms with Crippen LogP contribution in [0.4, 0.5) is 0 Å². The largest absolute Gasteiger partial charge is 0.350 e. The Morgan fingerprint density at radius 3 is 3.18 bits per heavy atom. The predicted octanol–water partition coefficient (Wildman–Crippen LogP) is 0.403. The molecule has 17 heavy (non-hydrogen) atoms. The van der Waals surface area contributed by atoms with Crippen molar-refractivity contribution in [1.29, 1.82) is 0 Å². The topological polar surface area (TPSA) is 59.0 Å². The summed E-state index contributed by atoms with van der Waals surface area (Å²) in [6.45, 7) is 3.36. The van der Waals surface area contributed by atoms with Crippen molar-refractivity contribution >= 4 is 5.91 Å². The van der Waals surface area contributed by atoms with Crippen molar-refractivity contribution in [3.8, 4) is 0 Å². The maximum absolute atomic E-state index is 11.7. The van der Waals surface area contributed by atoms with Crippen molar-refractivity contribution < 1.29 is 4.79 Å². The smallest absolute Gasteiger partial charge is 0.223 e. The van der Waals surface area contributed by atoms with E-state index < -0.39 is 0 Å². The normalized spacial score (nSPS) is 19.5. The molecule has 1 aliphatic heterocycles. The lowest BCUT2D eigenvalue weighted by atomic mass is 9.85. The van der Waals surface area contributed by atoms with Crippen LogP contribution in [0, 0.1) is 5.92 Å². The first-order valence-corrected chi connectivity index (χ1v) is 6.36. The third-order valence-corrected chi connectivity index (χ3v) is 3.64. The van der Waals surface area contributed by atoms with Crippen molar-refractivity contribution in [2.45, 2.75) is 38.9 Å². The summed E-state index contributed by atoms with van der Waals surface area (Å²) in [5.74, 6) is 1.53. The Kier molecular flexibility index (Phi) is 2.84. The van der Waals surface area contributed by atoms with Gasteiger partial charge in [-0.1, -0.05) is 6.42 Å². The number of nitrogens with one attached hydrogen (secondary N) is 2. The molecule has 0 atom stereocenters. The zero-order valence-electron chi connectivity index (χ0n) is 9.91. The summed E-state index contributed by atoms with van der Waals surface area (Å²) in [5, 5.41) is 6.26. The number of amides is 1. The number of carbonyl (C=O) groups is 1. The van der Waals surface area contributed by atoms with Crippen LogP contribution in [0.5, 0.6) is 0 Å². The molecule has 2 heterocycles. The second-order valence-corrected chi connectivity index (χ2v) is 4.86. The van der Waals surface area contributed by atoms with Gasteiger partial charge in [0.05, 0.1) is 18.8 Å². The van der Waals surface area contributed by atoms with Gasteiger partial charge in [0.1, 0.15) is 5.82 Å². The molecule has 5 heteroatoms. The Hall–Kier alpha value is -1.36. The van der Waals surface area contributed by atoms with Crippen molar-refractivity contribution in [2.75, 3.05) is 6.54 Å². The van der Waals surface area contributed by atoms with E-state index in [2.05, 4.69) is 26.4 Å². The van der Waals surface area contributed by atoms with E-state index in [4.69, 9.17) is 0 Å². The number of hydrogen-bond acceptors (Lipinski definition) is 3. The highest BCUT2D eigenvalue weighted by atomic mass is 16.1. The Balaban J connectivity index is 1.57. The van der Waals surface area contributed by atoms with Crippen LogP contribution in [0.1, 0.15) is 30.8 Å². The lowest BCUT2D eigenvalue weighted by Gasteiger charge is -2.23. The Bertz CT molecular complexity index is 399. The van der Waals surface area contributed by atoms with Crippen LogP contribution >= 0.6 is 0 Å². The monoisotopic (exact) mass is 234 g/mol. The third kappa shape index (κ3) is 2.20. The number of aromatic nitrogens is 2. The molecule has 1 amide bonds. The van der Waals surface area contributed by atoms with Crippen LogP contribution in [0.15, 0.2) is 6.20 Å².